The Labute approximate surface area is 72.7 Å². The summed E-state index contributed by atoms with van der Waals surface area (Å²) in [4.78, 5) is 0.431. The fraction of sp³-hybridized carbons (Fsp3) is 0. The van der Waals surface area contributed by atoms with Gasteiger partial charge in [0, 0.05) is 6.07 Å². The maximum Gasteiger partial charge on any atom is 0.325 e. The molecule has 0 aliphatic rings. The maximum atomic E-state index is 11.2. The van der Waals surface area contributed by atoms with Crippen molar-refractivity contribution in [1.29, 1.82) is 0 Å². The summed E-state index contributed by atoms with van der Waals surface area (Å²) in [7, 11) is 0. The van der Waals surface area contributed by atoms with Crippen molar-refractivity contribution in [3.8, 4) is 0 Å². The number of aromatic amines is 2. The fourth-order valence-corrected chi connectivity index (χ4v) is 0.811. The summed E-state index contributed by atoms with van der Waals surface area (Å²) in [5.41, 5.74) is 0. The average molecular weight is 178 g/mol. The van der Waals surface area contributed by atoms with Gasteiger partial charge in [-0.1, -0.05) is 10.2 Å². The Morgan fingerprint density at radius 3 is 2.62 bits per heavy atom. The summed E-state index contributed by atoms with van der Waals surface area (Å²) < 4.78 is 0. The van der Waals surface area contributed by atoms with E-state index in [1.807, 2.05) is 0 Å². The van der Waals surface area contributed by atoms with Gasteiger partial charge in [0.1, 0.15) is 0 Å². The number of nitrogens with one attached hydrogen (secondary N) is 2. The van der Waals surface area contributed by atoms with Crippen LogP contribution in [0.4, 0.5) is 11.6 Å². The SMILES string of the molecule is [O-][N+](=Nc1ccn[nH]1)c1ccn[nH]1. The number of aromatic nitrogens is 4. The molecule has 0 amide bonds. The van der Waals surface area contributed by atoms with E-state index < -0.39 is 0 Å². The van der Waals surface area contributed by atoms with Crippen LogP contribution < -0.4 is 0 Å². The Balaban J connectivity index is 2.27. The standard InChI is InChI=1S/C6H6N6O/c13-12(6-2-4-8-10-6)11-5-1-3-7-9-5/h1-4H,(H,7,9)(H,8,10). The van der Waals surface area contributed by atoms with Crippen molar-refractivity contribution in [2.24, 2.45) is 5.11 Å². The predicted molar refractivity (Wildman–Crippen MR) is 42.6 cm³/mol. The van der Waals surface area contributed by atoms with Crippen molar-refractivity contribution in [3.63, 3.8) is 0 Å². The minimum atomic E-state index is 0.273. The van der Waals surface area contributed by atoms with Crippen LogP contribution in [0.3, 0.4) is 0 Å². The van der Waals surface area contributed by atoms with Crippen LogP contribution in [-0.2, 0) is 0 Å². The van der Waals surface area contributed by atoms with Crippen molar-refractivity contribution < 1.29 is 4.86 Å². The van der Waals surface area contributed by atoms with Gasteiger partial charge in [0.2, 0.25) is 0 Å². The van der Waals surface area contributed by atoms with Gasteiger partial charge in [0.05, 0.1) is 18.5 Å². The summed E-state index contributed by atoms with van der Waals surface area (Å²) in [5.74, 6) is 0.666. The van der Waals surface area contributed by atoms with Gasteiger partial charge in [-0.2, -0.15) is 5.10 Å². The molecule has 2 rings (SSSR count). The van der Waals surface area contributed by atoms with Crippen LogP contribution >= 0.6 is 0 Å². The van der Waals surface area contributed by atoms with E-state index in [2.05, 4.69) is 25.5 Å². The van der Waals surface area contributed by atoms with Crippen LogP contribution in [0, 0.1) is 5.21 Å². The van der Waals surface area contributed by atoms with Crippen LogP contribution in [0.2, 0.25) is 0 Å². The van der Waals surface area contributed by atoms with Crippen molar-refractivity contribution in [3.05, 3.63) is 29.7 Å². The van der Waals surface area contributed by atoms with Gasteiger partial charge in [0.15, 0.2) is 5.82 Å². The first-order chi connectivity index (χ1) is 6.36. The highest BCUT2D eigenvalue weighted by Gasteiger charge is 2.01. The second-order valence-electron chi connectivity index (χ2n) is 2.26. The van der Waals surface area contributed by atoms with Crippen LogP contribution in [-0.4, -0.2) is 25.3 Å². The van der Waals surface area contributed by atoms with Gasteiger partial charge in [0.25, 0.3) is 0 Å². The van der Waals surface area contributed by atoms with E-state index in [0.29, 0.717) is 10.7 Å². The summed E-state index contributed by atoms with van der Waals surface area (Å²) in [6.45, 7) is 0. The third-order valence-electron chi connectivity index (χ3n) is 1.38. The molecule has 0 spiro atoms. The molecule has 0 saturated carbocycles. The van der Waals surface area contributed by atoms with Crippen LogP contribution in [0.5, 0.6) is 0 Å². The number of azo groups is 1. The lowest BCUT2D eigenvalue weighted by Crippen LogP contribution is -1.90. The molecule has 2 N–H and O–H groups in total. The molecule has 0 unspecified atom stereocenters. The largest absolute Gasteiger partial charge is 0.691 e. The summed E-state index contributed by atoms with van der Waals surface area (Å²) >= 11 is 0. The maximum absolute atomic E-state index is 11.2. The summed E-state index contributed by atoms with van der Waals surface area (Å²) in [5, 5.41) is 27.1. The molecule has 7 nitrogen and oxygen atoms in total. The van der Waals surface area contributed by atoms with Crippen molar-refractivity contribution in [1.82, 2.24) is 20.4 Å². The quantitative estimate of drug-likeness (QED) is 0.408. The van der Waals surface area contributed by atoms with Crippen LogP contribution in [0.1, 0.15) is 0 Å². The van der Waals surface area contributed by atoms with Crippen molar-refractivity contribution >= 4 is 11.6 Å². The first kappa shape index (κ1) is 7.47. The van der Waals surface area contributed by atoms with Crippen LogP contribution in [0.25, 0.3) is 0 Å². The smallest absolute Gasteiger partial charge is 0.325 e. The normalized spacial score (nSPS) is 11.8. The third kappa shape index (κ3) is 1.53. The molecule has 0 saturated heterocycles. The topological polar surface area (TPSA) is 95.8 Å². The lowest BCUT2D eigenvalue weighted by molar-refractivity contribution is -0.439. The average Bonchev–Trinajstić information content (AvgIpc) is 2.74. The van der Waals surface area contributed by atoms with E-state index in [-0.39, 0.29) is 5.82 Å². The lowest BCUT2D eigenvalue weighted by atomic mass is 10.6. The van der Waals surface area contributed by atoms with Gasteiger partial charge in [-0.3, -0.25) is 5.10 Å². The molecule has 0 aliphatic carbocycles. The van der Waals surface area contributed by atoms with E-state index in [9.17, 15) is 5.21 Å². The van der Waals surface area contributed by atoms with Gasteiger partial charge < -0.3 is 5.21 Å². The molecule has 0 atom stereocenters. The Hall–Kier alpha value is -2.18. The Morgan fingerprint density at radius 1 is 1.23 bits per heavy atom. The first-order valence-corrected chi connectivity index (χ1v) is 3.54. The molecule has 13 heavy (non-hydrogen) atoms. The number of nitrogens with zero attached hydrogens (tertiary/aromatic N) is 4. The number of hydrogen-bond donors (Lipinski definition) is 2. The molecular formula is C6H6N6O. The van der Waals surface area contributed by atoms with Crippen molar-refractivity contribution in [2.45, 2.75) is 0 Å². The first-order valence-electron chi connectivity index (χ1n) is 3.54. The van der Waals surface area contributed by atoms with E-state index in [1.54, 1.807) is 6.07 Å². The third-order valence-corrected chi connectivity index (χ3v) is 1.38. The molecule has 66 valence electrons. The molecule has 0 bridgehead atoms. The zero-order chi connectivity index (χ0) is 9.10. The minimum absolute atomic E-state index is 0.273. The summed E-state index contributed by atoms with van der Waals surface area (Å²) in [6.07, 6.45) is 2.99. The van der Waals surface area contributed by atoms with Gasteiger partial charge in [-0.05, 0) is 0 Å². The van der Waals surface area contributed by atoms with E-state index in [4.69, 9.17) is 0 Å². The zero-order valence-electron chi connectivity index (χ0n) is 6.51. The van der Waals surface area contributed by atoms with Crippen LogP contribution in [0.15, 0.2) is 29.6 Å². The number of hydrogen-bond acceptors (Lipinski definition) is 4. The van der Waals surface area contributed by atoms with E-state index in [1.165, 1.54) is 18.5 Å². The molecule has 0 aliphatic heterocycles. The molecule has 7 heteroatoms. The van der Waals surface area contributed by atoms with Crippen molar-refractivity contribution in [2.75, 3.05) is 0 Å². The van der Waals surface area contributed by atoms with Gasteiger partial charge >= 0.3 is 5.82 Å². The Morgan fingerprint density at radius 2 is 2.00 bits per heavy atom. The highest BCUT2D eigenvalue weighted by Crippen LogP contribution is 2.10. The molecule has 2 heterocycles. The summed E-state index contributed by atoms with van der Waals surface area (Å²) in [6, 6.07) is 3.11. The van der Waals surface area contributed by atoms with E-state index in [0.717, 1.165) is 0 Å². The fourth-order valence-electron chi connectivity index (χ4n) is 0.811. The molecule has 0 radical (unpaired) electrons. The monoisotopic (exact) mass is 178 g/mol. The number of rotatable bonds is 2. The number of H-pyrrole nitrogens is 2. The molecular weight excluding hydrogens is 172 g/mol. The molecule has 0 fully saturated rings. The molecule has 2 aromatic rings. The highest BCUT2D eigenvalue weighted by atomic mass is 16.5. The van der Waals surface area contributed by atoms with Gasteiger partial charge in [-0.15, -0.1) is 9.96 Å². The van der Waals surface area contributed by atoms with E-state index >= 15 is 0 Å². The molecule has 0 aromatic carbocycles. The highest BCUT2D eigenvalue weighted by molar-refractivity contribution is 5.21. The van der Waals surface area contributed by atoms with Gasteiger partial charge in [-0.25, -0.2) is 0 Å². The second-order valence-corrected chi connectivity index (χ2v) is 2.26. The molecule has 2 aromatic heterocycles. The Kier molecular flexibility index (Phi) is 1.75. The Bertz CT molecular complexity index is 389. The lowest BCUT2D eigenvalue weighted by Gasteiger charge is -1.98. The second kappa shape index (κ2) is 3.05. The minimum Gasteiger partial charge on any atom is -0.691 e. The zero-order valence-corrected chi connectivity index (χ0v) is 6.51. The predicted octanol–water partition coefficient (Wildman–Crippen LogP) is 1.06.